The first kappa shape index (κ1) is 15.0. The van der Waals surface area contributed by atoms with Crippen molar-refractivity contribution < 1.29 is 0 Å². The molecule has 2 nitrogen and oxygen atoms in total. The minimum absolute atomic E-state index is 0.377. The number of thiocarbonyl (C=S) groups is 1. The molecule has 2 aromatic rings. The highest BCUT2D eigenvalue weighted by Gasteiger charge is 2.12. The lowest BCUT2D eigenvalue weighted by Crippen LogP contribution is -2.13. The molecule has 0 atom stereocenters. The molecule has 0 saturated heterocycles. The quantitative estimate of drug-likeness (QED) is 0.767. The Hall–Kier alpha value is -1.39. The van der Waals surface area contributed by atoms with Crippen LogP contribution in [0.1, 0.15) is 30.9 Å². The van der Waals surface area contributed by atoms with E-state index in [1.807, 2.05) is 24.3 Å². The monoisotopic (exact) mass is 348 g/mol. The van der Waals surface area contributed by atoms with Gasteiger partial charge in [0.2, 0.25) is 0 Å². The van der Waals surface area contributed by atoms with Gasteiger partial charge in [0.1, 0.15) is 4.99 Å². The summed E-state index contributed by atoms with van der Waals surface area (Å²) in [7, 11) is 0. The molecule has 2 aromatic carbocycles. The predicted molar refractivity (Wildman–Crippen MR) is 93.8 cm³/mol. The lowest BCUT2D eigenvalue weighted by Gasteiger charge is -2.17. The van der Waals surface area contributed by atoms with Gasteiger partial charge in [0.15, 0.2) is 0 Å². The van der Waals surface area contributed by atoms with E-state index in [1.165, 1.54) is 5.56 Å². The summed E-state index contributed by atoms with van der Waals surface area (Å²) in [6, 6.07) is 14.2. The number of hydrogen-bond acceptors (Lipinski definition) is 2. The Balaban J connectivity index is 2.46. The van der Waals surface area contributed by atoms with Crippen molar-refractivity contribution in [2.24, 2.45) is 5.73 Å². The number of anilines is 2. The fourth-order valence-corrected chi connectivity index (χ4v) is 3.07. The first-order chi connectivity index (χ1) is 9.50. The van der Waals surface area contributed by atoms with E-state index in [2.05, 4.69) is 53.3 Å². The van der Waals surface area contributed by atoms with Crippen LogP contribution >= 0.6 is 28.1 Å². The fraction of sp³-hybridized carbons (Fsp3) is 0.188. The maximum Gasteiger partial charge on any atom is 0.107 e. The zero-order valence-electron chi connectivity index (χ0n) is 11.5. The highest BCUT2D eigenvalue weighted by atomic mass is 79.9. The van der Waals surface area contributed by atoms with Crippen molar-refractivity contribution in [3.63, 3.8) is 0 Å². The third-order valence-electron chi connectivity index (χ3n) is 3.11. The second-order valence-corrected chi connectivity index (χ2v) is 6.19. The summed E-state index contributed by atoms with van der Waals surface area (Å²) in [5, 5.41) is 3.45. The molecule has 0 fully saturated rings. The summed E-state index contributed by atoms with van der Waals surface area (Å²) in [5.41, 5.74) is 9.93. The van der Waals surface area contributed by atoms with Crippen LogP contribution < -0.4 is 11.1 Å². The van der Waals surface area contributed by atoms with Crippen molar-refractivity contribution in [3.8, 4) is 0 Å². The number of para-hydroxylation sites is 1. The third-order valence-corrected chi connectivity index (χ3v) is 3.98. The van der Waals surface area contributed by atoms with Gasteiger partial charge in [0.25, 0.3) is 0 Å². The first-order valence-corrected chi connectivity index (χ1v) is 7.65. The number of nitrogens with two attached hydrogens (primary N) is 1. The van der Waals surface area contributed by atoms with Gasteiger partial charge in [-0.1, -0.05) is 50.3 Å². The molecule has 0 heterocycles. The van der Waals surface area contributed by atoms with E-state index >= 15 is 0 Å². The van der Waals surface area contributed by atoms with Gasteiger partial charge in [-0.2, -0.15) is 0 Å². The largest absolute Gasteiger partial charge is 0.389 e. The molecule has 0 radical (unpaired) electrons. The average Bonchev–Trinajstić information content (AvgIpc) is 2.38. The van der Waals surface area contributed by atoms with Crippen LogP contribution in [0.3, 0.4) is 0 Å². The summed E-state index contributed by atoms with van der Waals surface area (Å²) in [6.45, 7) is 4.35. The van der Waals surface area contributed by atoms with Crippen molar-refractivity contribution in [2.75, 3.05) is 5.32 Å². The molecule has 0 unspecified atom stereocenters. The maximum absolute atomic E-state index is 5.83. The van der Waals surface area contributed by atoms with Gasteiger partial charge in [-0.25, -0.2) is 0 Å². The summed E-state index contributed by atoms with van der Waals surface area (Å²) < 4.78 is 0.900. The van der Waals surface area contributed by atoms with Crippen LogP contribution in [0.25, 0.3) is 0 Å². The van der Waals surface area contributed by atoms with Gasteiger partial charge in [-0.3, -0.25) is 0 Å². The van der Waals surface area contributed by atoms with E-state index in [1.54, 1.807) is 0 Å². The molecule has 0 aliphatic rings. The number of nitrogens with one attached hydrogen (secondary N) is 1. The Bertz CT molecular complexity index is 638. The van der Waals surface area contributed by atoms with E-state index in [0.29, 0.717) is 10.9 Å². The highest BCUT2D eigenvalue weighted by molar-refractivity contribution is 9.10. The molecule has 2 rings (SSSR count). The standard InChI is InChI=1S/C16H17BrN2S/c1-10(2)11-6-3-4-8-13(11)19-14-9-5-7-12(17)15(14)16(18)20/h3-10,19H,1-2H3,(H2,18,20). The lowest BCUT2D eigenvalue weighted by atomic mass is 10.0. The van der Waals surface area contributed by atoms with E-state index in [-0.39, 0.29) is 0 Å². The molecule has 3 N–H and O–H groups in total. The number of halogens is 1. The molecule has 4 heteroatoms. The van der Waals surface area contributed by atoms with Gasteiger partial charge >= 0.3 is 0 Å². The van der Waals surface area contributed by atoms with Crippen LogP contribution in [0, 0.1) is 0 Å². The summed E-state index contributed by atoms with van der Waals surface area (Å²) in [5.74, 6) is 0.444. The normalized spacial score (nSPS) is 10.6. The van der Waals surface area contributed by atoms with E-state index in [0.717, 1.165) is 21.4 Å². The van der Waals surface area contributed by atoms with Crippen LogP contribution in [-0.4, -0.2) is 4.99 Å². The van der Waals surface area contributed by atoms with Crippen molar-refractivity contribution in [3.05, 3.63) is 58.1 Å². The minimum Gasteiger partial charge on any atom is -0.389 e. The molecule has 0 amide bonds. The smallest absolute Gasteiger partial charge is 0.107 e. The minimum atomic E-state index is 0.377. The highest BCUT2D eigenvalue weighted by Crippen LogP contribution is 2.31. The molecule has 0 aromatic heterocycles. The lowest BCUT2D eigenvalue weighted by molar-refractivity contribution is 0.869. The van der Waals surface area contributed by atoms with E-state index in [9.17, 15) is 0 Å². The second-order valence-electron chi connectivity index (χ2n) is 4.89. The summed E-state index contributed by atoms with van der Waals surface area (Å²) in [4.78, 5) is 0.377. The van der Waals surface area contributed by atoms with Gasteiger partial charge < -0.3 is 11.1 Å². The number of hydrogen-bond donors (Lipinski definition) is 2. The molecule has 0 saturated carbocycles. The first-order valence-electron chi connectivity index (χ1n) is 6.45. The summed E-state index contributed by atoms with van der Waals surface area (Å²) in [6.07, 6.45) is 0. The van der Waals surface area contributed by atoms with Crippen molar-refractivity contribution in [1.82, 2.24) is 0 Å². The predicted octanol–water partition coefficient (Wildman–Crippen LogP) is 4.95. The van der Waals surface area contributed by atoms with Gasteiger partial charge in [-0.05, 0) is 45.6 Å². The molecular formula is C16H17BrN2S. The number of benzene rings is 2. The van der Waals surface area contributed by atoms with Crippen LogP contribution in [0.4, 0.5) is 11.4 Å². The SMILES string of the molecule is CC(C)c1ccccc1Nc1cccc(Br)c1C(N)=S. The van der Waals surface area contributed by atoms with E-state index < -0.39 is 0 Å². The molecule has 20 heavy (non-hydrogen) atoms. The Morgan fingerprint density at radius 1 is 1.10 bits per heavy atom. The van der Waals surface area contributed by atoms with Gasteiger partial charge in [0.05, 0.1) is 0 Å². The molecular weight excluding hydrogens is 332 g/mol. The van der Waals surface area contributed by atoms with Crippen LogP contribution in [0.15, 0.2) is 46.9 Å². The zero-order chi connectivity index (χ0) is 14.7. The van der Waals surface area contributed by atoms with Gasteiger partial charge in [-0.15, -0.1) is 0 Å². The van der Waals surface area contributed by atoms with Crippen molar-refractivity contribution in [2.45, 2.75) is 19.8 Å². The Morgan fingerprint density at radius 2 is 1.75 bits per heavy atom. The van der Waals surface area contributed by atoms with Crippen molar-refractivity contribution >= 4 is 44.5 Å². The van der Waals surface area contributed by atoms with E-state index in [4.69, 9.17) is 18.0 Å². The number of rotatable bonds is 4. The molecule has 0 aliphatic heterocycles. The third kappa shape index (κ3) is 3.19. The fourth-order valence-electron chi connectivity index (χ4n) is 2.14. The Kier molecular flexibility index (Phi) is 4.78. The zero-order valence-corrected chi connectivity index (χ0v) is 13.9. The van der Waals surface area contributed by atoms with Crippen LogP contribution in [-0.2, 0) is 0 Å². The van der Waals surface area contributed by atoms with Crippen LogP contribution in [0.2, 0.25) is 0 Å². The topological polar surface area (TPSA) is 38.0 Å². The maximum atomic E-state index is 5.83. The average molecular weight is 349 g/mol. The molecule has 104 valence electrons. The van der Waals surface area contributed by atoms with Crippen molar-refractivity contribution in [1.29, 1.82) is 0 Å². The van der Waals surface area contributed by atoms with Gasteiger partial charge in [0, 0.05) is 21.4 Å². The van der Waals surface area contributed by atoms with Crippen LogP contribution in [0.5, 0.6) is 0 Å². The molecule has 0 bridgehead atoms. The molecule has 0 aliphatic carbocycles. The summed E-state index contributed by atoms with van der Waals surface area (Å²) >= 11 is 8.65. The second kappa shape index (κ2) is 6.37. The Morgan fingerprint density at radius 3 is 2.40 bits per heavy atom. The molecule has 0 spiro atoms. The Labute approximate surface area is 133 Å².